The molecule has 1 N–H and O–H groups in total. The molecule has 0 saturated heterocycles. The van der Waals surface area contributed by atoms with Crippen LogP contribution in [0.1, 0.15) is 30.1 Å². The number of Topliss-reactive ketones (excluding diaryl/α,β-unsaturated/α-hetero) is 2. The third kappa shape index (κ3) is 2.69. The molecule has 0 unspecified atom stereocenters. The van der Waals surface area contributed by atoms with Crippen molar-refractivity contribution in [1.29, 1.82) is 0 Å². The van der Waals surface area contributed by atoms with Crippen LogP contribution in [0.25, 0.3) is 0 Å². The number of phenols is 1. The lowest BCUT2D eigenvalue weighted by Crippen LogP contribution is -2.06. The maximum Gasteiger partial charge on any atom is 0.170 e. The van der Waals surface area contributed by atoms with Crippen LogP contribution in [0.15, 0.2) is 24.3 Å². The van der Waals surface area contributed by atoms with Crippen LogP contribution in [-0.4, -0.2) is 16.7 Å². The molecule has 0 amide bonds. The Morgan fingerprint density at radius 3 is 2.64 bits per heavy atom. The Morgan fingerprint density at radius 2 is 2.07 bits per heavy atom. The van der Waals surface area contributed by atoms with Gasteiger partial charge in [-0.3, -0.25) is 9.59 Å². The van der Waals surface area contributed by atoms with Crippen LogP contribution in [0.5, 0.6) is 5.75 Å². The van der Waals surface area contributed by atoms with Gasteiger partial charge < -0.3 is 5.11 Å². The highest BCUT2D eigenvalue weighted by molar-refractivity contribution is 6.08. The predicted octanol–water partition coefficient (Wildman–Crippen LogP) is 1.94. The highest BCUT2D eigenvalue weighted by Gasteiger charge is 2.10. The van der Waals surface area contributed by atoms with Crippen molar-refractivity contribution in [2.45, 2.75) is 19.8 Å². The van der Waals surface area contributed by atoms with Gasteiger partial charge in [-0.05, 0) is 12.1 Å². The fraction of sp³-hybridized carbons (Fsp3) is 0.273. The molecule has 0 aromatic heterocycles. The van der Waals surface area contributed by atoms with Crippen LogP contribution in [0.4, 0.5) is 0 Å². The number of phenolic OH excluding ortho intramolecular Hbond substituents is 1. The zero-order valence-corrected chi connectivity index (χ0v) is 7.99. The normalized spacial score (nSPS) is 9.79. The summed E-state index contributed by atoms with van der Waals surface area (Å²) in [6, 6.07) is 6.02. The van der Waals surface area contributed by atoms with Gasteiger partial charge >= 0.3 is 0 Å². The molecule has 1 rings (SSSR count). The van der Waals surface area contributed by atoms with E-state index in [-0.39, 0.29) is 23.7 Å². The lowest BCUT2D eigenvalue weighted by atomic mass is 10.0. The molecule has 0 heterocycles. The quantitative estimate of drug-likeness (QED) is 0.586. The van der Waals surface area contributed by atoms with Gasteiger partial charge in [0.05, 0.1) is 6.42 Å². The van der Waals surface area contributed by atoms with E-state index in [1.54, 1.807) is 19.1 Å². The Hall–Kier alpha value is -1.64. The second-order valence-electron chi connectivity index (χ2n) is 3.04. The van der Waals surface area contributed by atoms with E-state index in [1.807, 2.05) is 0 Å². The van der Waals surface area contributed by atoms with Gasteiger partial charge in [-0.2, -0.15) is 0 Å². The SMILES string of the molecule is CCC(=O)CC(=O)c1cccc(O)c1. The molecule has 0 spiro atoms. The summed E-state index contributed by atoms with van der Waals surface area (Å²) in [6.07, 6.45) is 0.282. The molecule has 3 nitrogen and oxygen atoms in total. The van der Waals surface area contributed by atoms with E-state index in [4.69, 9.17) is 5.11 Å². The molecule has 74 valence electrons. The van der Waals surface area contributed by atoms with Crippen LogP contribution in [0.3, 0.4) is 0 Å². The number of benzene rings is 1. The topological polar surface area (TPSA) is 54.4 Å². The van der Waals surface area contributed by atoms with Crippen molar-refractivity contribution in [3.8, 4) is 5.75 Å². The summed E-state index contributed by atoms with van der Waals surface area (Å²) in [4.78, 5) is 22.4. The first-order valence-corrected chi connectivity index (χ1v) is 4.47. The smallest absolute Gasteiger partial charge is 0.170 e. The van der Waals surface area contributed by atoms with Gasteiger partial charge in [0.15, 0.2) is 5.78 Å². The van der Waals surface area contributed by atoms with Crippen molar-refractivity contribution in [2.24, 2.45) is 0 Å². The molecule has 0 atom stereocenters. The molecule has 1 aromatic carbocycles. The van der Waals surface area contributed by atoms with Crippen molar-refractivity contribution in [3.63, 3.8) is 0 Å². The largest absolute Gasteiger partial charge is 0.508 e. The zero-order valence-electron chi connectivity index (χ0n) is 7.99. The van der Waals surface area contributed by atoms with E-state index in [0.717, 1.165) is 0 Å². The van der Waals surface area contributed by atoms with Crippen LogP contribution in [0, 0.1) is 0 Å². The minimum atomic E-state index is -0.243. The first kappa shape index (κ1) is 10.4. The molecule has 14 heavy (non-hydrogen) atoms. The number of rotatable bonds is 4. The fourth-order valence-corrected chi connectivity index (χ4v) is 1.09. The van der Waals surface area contributed by atoms with E-state index < -0.39 is 0 Å². The van der Waals surface area contributed by atoms with Gasteiger partial charge in [0, 0.05) is 12.0 Å². The standard InChI is InChI=1S/C11H12O3/c1-2-9(12)7-11(14)8-4-3-5-10(13)6-8/h3-6,13H,2,7H2,1H3. The molecule has 0 saturated carbocycles. The molecule has 0 aliphatic rings. The number of aromatic hydroxyl groups is 1. The van der Waals surface area contributed by atoms with E-state index in [0.29, 0.717) is 12.0 Å². The second-order valence-corrected chi connectivity index (χ2v) is 3.04. The average Bonchev–Trinajstić information content (AvgIpc) is 2.17. The van der Waals surface area contributed by atoms with Gasteiger partial charge in [-0.1, -0.05) is 19.1 Å². The number of hydrogen-bond acceptors (Lipinski definition) is 3. The van der Waals surface area contributed by atoms with Gasteiger partial charge in [-0.25, -0.2) is 0 Å². The van der Waals surface area contributed by atoms with Gasteiger partial charge in [0.25, 0.3) is 0 Å². The third-order valence-electron chi connectivity index (χ3n) is 1.92. The summed E-state index contributed by atoms with van der Waals surface area (Å²) in [7, 11) is 0. The van der Waals surface area contributed by atoms with Crippen LogP contribution in [0.2, 0.25) is 0 Å². The van der Waals surface area contributed by atoms with Gasteiger partial charge in [-0.15, -0.1) is 0 Å². The van der Waals surface area contributed by atoms with Gasteiger partial charge in [0.1, 0.15) is 11.5 Å². The molecular weight excluding hydrogens is 180 g/mol. The maximum absolute atomic E-state index is 11.4. The molecule has 0 bridgehead atoms. The Labute approximate surface area is 82.4 Å². The maximum atomic E-state index is 11.4. The Balaban J connectivity index is 2.75. The molecule has 0 aliphatic heterocycles. The van der Waals surface area contributed by atoms with Crippen LogP contribution < -0.4 is 0 Å². The van der Waals surface area contributed by atoms with Crippen LogP contribution >= 0.6 is 0 Å². The zero-order chi connectivity index (χ0) is 10.6. The molecule has 0 radical (unpaired) electrons. The summed E-state index contributed by atoms with van der Waals surface area (Å²) >= 11 is 0. The number of carbonyl (C=O) groups excluding carboxylic acids is 2. The molecule has 1 aromatic rings. The summed E-state index contributed by atoms with van der Waals surface area (Å²) < 4.78 is 0. The van der Waals surface area contributed by atoms with Crippen molar-refractivity contribution in [1.82, 2.24) is 0 Å². The minimum Gasteiger partial charge on any atom is -0.508 e. The highest BCUT2D eigenvalue weighted by Crippen LogP contribution is 2.12. The Morgan fingerprint density at radius 1 is 1.36 bits per heavy atom. The lowest BCUT2D eigenvalue weighted by Gasteiger charge is -1.99. The summed E-state index contributed by atoms with van der Waals surface area (Å²) in [5, 5.41) is 9.12. The van der Waals surface area contributed by atoms with E-state index in [9.17, 15) is 9.59 Å². The molecule has 0 fully saturated rings. The van der Waals surface area contributed by atoms with Gasteiger partial charge in [0.2, 0.25) is 0 Å². The number of ketones is 2. The summed E-state index contributed by atoms with van der Waals surface area (Å²) in [5.74, 6) is -0.286. The first-order valence-electron chi connectivity index (χ1n) is 4.47. The number of hydrogen-bond donors (Lipinski definition) is 1. The lowest BCUT2D eigenvalue weighted by molar-refractivity contribution is -0.117. The van der Waals surface area contributed by atoms with Crippen molar-refractivity contribution >= 4 is 11.6 Å². The second kappa shape index (κ2) is 4.56. The summed E-state index contributed by atoms with van der Waals surface area (Å²) in [5.41, 5.74) is 0.381. The highest BCUT2D eigenvalue weighted by atomic mass is 16.3. The van der Waals surface area contributed by atoms with Crippen LogP contribution in [-0.2, 0) is 4.79 Å². The summed E-state index contributed by atoms with van der Waals surface area (Å²) in [6.45, 7) is 1.72. The van der Waals surface area contributed by atoms with Crippen molar-refractivity contribution < 1.29 is 14.7 Å². The Bertz CT molecular complexity index is 355. The number of carbonyl (C=O) groups is 2. The fourth-order valence-electron chi connectivity index (χ4n) is 1.09. The molecule has 0 aliphatic carbocycles. The average molecular weight is 192 g/mol. The van der Waals surface area contributed by atoms with E-state index in [1.165, 1.54) is 12.1 Å². The monoisotopic (exact) mass is 192 g/mol. The molecular formula is C11H12O3. The van der Waals surface area contributed by atoms with E-state index in [2.05, 4.69) is 0 Å². The predicted molar refractivity (Wildman–Crippen MR) is 52.4 cm³/mol. The van der Waals surface area contributed by atoms with Crippen molar-refractivity contribution in [2.75, 3.05) is 0 Å². The Kier molecular flexibility index (Phi) is 3.40. The minimum absolute atomic E-state index is 0.0415. The van der Waals surface area contributed by atoms with E-state index >= 15 is 0 Å². The third-order valence-corrected chi connectivity index (χ3v) is 1.92. The first-order chi connectivity index (χ1) is 6.63. The van der Waals surface area contributed by atoms with Crippen molar-refractivity contribution in [3.05, 3.63) is 29.8 Å². The molecule has 3 heteroatoms.